The highest BCUT2D eigenvalue weighted by molar-refractivity contribution is 5.12. The molecule has 0 bridgehead atoms. The summed E-state index contributed by atoms with van der Waals surface area (Å²) >= 11 is 0. The van der Waals surface area contributed by atoms with E-state index >= 15 is 0 Å². The number of aromatic nitrogens is 5. The number of aryl methyl sites for hydroxylation is 2. The predicted molar refractivity (Wildman–Crippen MR) is 86.8 cm³/mol. The van der Waals surface area contributed by atoms with Crippen LogP contribution in [-0.4, -0.2) is 49.1 Å². The van der Waals surface area contributed by atoms with Gasteiger partial charge in [-0.1, -0.05) is 0 Å². The minimum Gasteiger partial charge on any atom is -0.320 e. The highest BCUT2D eigenvalue weighted by Gasteiger charge is 2.25. The molecule has 1 unspecified atom stereocenters. The summed E-state index contributed by atoms with van der Waals surface area (Å²) in [4.78, 5) is 2.51. The normalized spacial score (nSPS) is 22.7. The van der Waals surface area contributed by atoms with Crippen LogP contribution in [0, 0.1) is 0 Å². The highest BCUT2D eigenvalue weighted by Crippen LogP contribution is 2.26. The number of likely N-dealkylation sites (tertiary alicyclic amines) is 1. The molecule has 0 amide bonds. The molecule has 0 spiro atoms. The molecule has 0 saturated carbocycles. The molecule has 23 heavy (non-hydrogen) atoms. The zero-order chi connectivity index (χ0) is 15.6. The van der Waals surface area contributed by atoms with E-state index in [1.807, 2.05) is 7.05 Å². The van der Waals surface area contributed by atoms with E-state index in [4.69, 9.17) is 5.10 Å². The van der Waals surface area contributed by atoms with Gasteiger partial charge in [0.15, 0.2) is 0 Å². The zero-order valence-electron chi connectivity index (χ0n) is 13.8. The summed E-state index contributed by atoms with van der Waals surface area (Å²) in [5.41, 5.74) is 2.52. The van der Waals surface area contributed by atoms with Crippen LogP contribution in [0.25, 0.3) is 0 Å². The van der Waals surface area contributed by atoms with Crippen LogP contribution in [0.15, 0.2) is 12.4 Å². The quantitative estimate of drug-likeness (QED) is 0.911. The van der Waals surface area contributed by atoms with Crippen molar-refractivity contribution < 1.29 is 0 Å². The van der Waals surface area contributed by atoms with Crippen LogP contribution in [0.4, 0.5) is 0 Å². The largest absolute Gasteiger partial charge is 0.320 e. The molecule has 2 aromatic rings. The van der Waals surface area contributed by atoms with Gasteiger partial charge in [-0.2, -0.15) is 5.10 Å². The number of nitrogens with one attached hydrogen (secondary N) is 1. The second-order valence-corrected chi connectivity index (χ2v) is 6.75. The Bertz CT molecular complexity index is 636. The summed E-state index contributed by atoms with van der Waals surface area (Å²) in [5, 5.41) is 16.6. The molecule has 1 N–H and O–H groups in total. The van der Waals surface area contributed by atoms with Crippen molar-refractivity contribution in [2.75, 3.05) is 19.6 Å². The van der Waals surface area contributed by atoms with Gasteiger partial charge in [0.1, 0.15) is 12.2 Å². The highest BCUT2D eigenvalue weighted by atomic mass is 15.3. The van der Waals surface area contributed by atoms with E-state index < -0.39 is 0 Å². The summed E-state index contributed by atoms with van der Waals surface area (Å²) in [6.45, 7) is 6.19. The Morgan fingerprint density at radius 1 is 1.30 bits per heavy atom. The topological polar surface area (TPSA) is 63.8 Å². The maximum absolute atomic E-state index is 4.81. The van der Waals surface area contributed by atoms with E-state index in [1.54, 1.807) is 6.33 Å². The number of hydrogen-bond donors (Lipinski definition) is 1. The Hall–Kier alpha value is -1.73. The summed E-state index contributed by atoms with van der Waals surface area (Å²) in [5.74, 6) is 1.60. The fourth-order valence-corrected chi connectivity index (χ4v) is 3.80. The third-order valence-corrected chi connectivity index (χ3v) is 4.95. The molecule has 0 aliphatic carbocycles. The summed E-state index contributed by atoms with van der Waals surface area (Å²) < 4.78 is 4.23. The van der Waals surface area contributed by atoms with Crippen LogP contribution < -0.4 is 5.32 Å². The molecule has 7 nitrogen and oxygen atoms in total. The lowest BCUT2D eigenvalue weighted by atomic mass is 9.97. The molecule has 1 fully saturated rings. The molecule has 1 saturated heterocycles. The van der Waals surface area contributed by atoms with E-state index in [-0.39, 0.29) is 0 Å². The zero-order valence-corrected chi connectivity index (χ0v) is 13.8. The van der Waals surface area contributed by atoms with Crippen molar-refractivity contribution in [3.05, 3.63) is 29.6 Å². The third kappa shape index (κ3) is 3.16. The van der Waals surface area contributed by atoms with E-state index in [0.717, 1.165) is 51.5 Å². The first kappa shape index (κ1) is 14.8. The Balaban J connectivity index is 1.43. The van der Waals surface area contributed by atoms with Crippen LogP contribution in [-0.2, 0) is 26.7 Å². The predicted octanol–water partition coefficient (Wildman–Crippen LogP) is 0.884. The molecule has 2 aliphatic heterocycles. The van der Waals surface area contributed by atoms with Gasteiger partial charge in [-0.25, -0.2) is 0 Å². The molecular formula is C16H25N7. The molecule has 1 atom stereocenters. The second kappa shape index (κ2) is 6.41. The maximum atomic E-state index is 4.81. The number of nitrogens with zero attached hydrogens (tertiary/aromatic N) is 6. The van der Waals surface area contributed by atoms with Crippen LogP contribution in [0.2, 0.25) is 0 Å². The SMILES string of the molecule is Cn1cnnc1C1CCCN(Cc2cc3n(n2)CCCNC3)C1. The van der Waals surface area contributed by atoms with Gasteiger partial charge in [-0.3, -0.25) is 9.58 Å². The van der Waals surface area contributed by atoms with Gasteiger partial charge in [0, 0.05) is 39.1 Å². The Morgan fingerprint density at radius 3 is 3.13 bits per heavy atom. The van der Waals surface area contributed by atoms with E-state index in [0.29, 0.717) is 5.92 Å². The smallest absolute Gasteiger partial charge is 0.136 e. The summed E-state index contributed by atoms with van der Waals surface area (Å²) in [7, 11) is 2.04. The molecule has 0 aromatic carbocycles. The van der Waals surface area contributed by atoms with Gasteiger partial charge in [0.05, 0.1) is 11.4 Å². The van der Waals surface area contributed by atoms with Crippen LogP contribution in [0.1, 0.15) is 42.4 Å². The van der Waals surface area contributed by atoms with Gasteiger partial charge < -0.3 is 9.88 Å². The fraction of sp³-hybridized carbons (Fsp3) is 0.688. The first-order valence-corrected chi connectivity index (χ1v) is 8.62. The first-order valence-electron chi connectivity index (χ1n) is 8.62. The average Bonchev–Trinajstić information content (AvgIpc) is 3.08. The average molecular weight is 315 g/mol. The van der Waals surface area contributed by atoms with Gasteiger partial charge in [0.2, 0.25) is 0 Å². The fourth-order valence-electron chi connectivity index (χ4n) is 3.80. The maximum Gasteiger partial charge on any atom is 0.136 e. The summed E-state index contributed by atoms with van der Waals surface area (Å²) in [6.07, 6.45) is 5.37. The number of piperidine rings is 1. The first-order chi connectivity index (χ1) is 11.3. The number of hydrogen-bond acceptors (Lipinski definition) is 5. The van der Waals surface area contributed by atoms with Gasteiger partial charge in [-0.15, -0.1) is 10.2 Å². The van der Waals surface area contributed by atoms with Crippen molar-refractivity contribution >= 4 is 0 Å². The van der Waals surface area contributed by atoms with Crippen molar-refractivity contribution in [1.29, 1.82) is 0 Å². The lowest BCUT2D eigenvalue weighted by molar-refractivity contribution is 0.192. The second-order valence-electron chi connectivity index (χ2n) is 6.75. The molecular weight excluding hydrogens is 290 g/mol. The Morgan fingerprint density at radius 2 is 2.26 bits per heavy atom. The minimum atomic E-state index is 0.485. The van der Waals surface area contributed by atoms with Gasteiger partial charge in [-0.05, 0) is 38.4 Å². The third-order valence-electron chi connectivity index (χ3n) is 4.95. The molecule has 4 heterocycles. The van der Waals surface area contributed by atoms with E-state index in [9.17, 15) is 0 Å². The lowest BCUT2D eigenvalue weighted by Gasteiger charge is -2.31. The molecule has 0 radical (unpaired) electrons. The summed E-state index contributed by atoms with van der Waals surface area (Å²) in [6, 6.07) is 2.27. The van der Waals surface area contributed by atoms with Crippen molar-refractivity contribution in [2.45, 2.75) is 44.8 Å². The Labute approximate surface area is 136 Å². The van der Waals surface area contributed by atoms with E-state index in [2.05, 4.69) is 35.7 Å². The van der Waals surface area contributed by atoms with Crippen molar-refractivity contribution in [2.24, 2.45) is 7.05 Å². The molecule has 7 heteroatoms. The molecule has 124 valence electrons. The van der Waals surface area contributed by atoms with Crippen molar-refractivity contribution in [3.63, 3.8) is 0 Å². The van der Waals surface area contributed by atoms with Gasteiger partial charge >= 0.3 is 0 Å². The molecule has 4 rings (SSSR count). The van der Waals surface area contributed by atoms with Crippen molar-refractivity contribution in [1.82, 2.24) is 34.8 Å². The van der Waals surface area contributed by atoms with Crippen LogP contribution in [0.5, 0.6) is 0 Å². The molecule has 2 aliphatic rings. The monoisotopic (exact) mass is 315 g/mol. The lowest BCUT2D eigenvalue weighted by Crippen LogP contribution is -2.35. The Kier molecular flexibility index (Phi) is 4.13. The van der Waals surface area contributed by atoms with Crippen LogP contribution in [0.3, 0.4) is 0 Å². The number of rotatable bonds is 3. The standard InChI is InChI=1S/C16H25N7/c1-21-12-18-19-16(21)13-4-2-6-22(10-13)11-14-8-15-9-17-5-3-7-23(15)20-14/h8,12-13,17H,2-7,9-11H2,1H3. The minimum absolute atomic E-state index is 0.485. The number of fused-ring (bicyclic) bond motifs is 1. The molecule has 2 aromatic heterocycles. The van der Waals surface area contributed by atoms with E-state index in [1.165, 1.54) is 24.2 Å². The van der Waals surface area contributed by atoms with Gasteiger partial charge in [0.25, 0.3) is 0 Å². The van der Waals surface area contributed by atoms with Crippen LogP contribution >= 0.6 is 0 Å². The van der Waals surface area contributed by atoms with Crippen molar-refractivity contribution in [3.8, 4) is 0 Å².